The predicted octanol–water partition coefficient (Wildman–Crippen LogP) is 7.49. The summed E-state index contributed by atoms with van der Waals surface area (Å²) in [7, 11) is 0. The number of ether oxygens (including phenoxy) is 1. The molecule has 190 valence electrons. The Hall–Kier alpha value is -3.25. The van der Waals surface area contributed by atoms with Gasteiger partial charge in [-0.3, -0.25) is 9.69 Å². The van der Waals surface area contributed by atoms with Gasteiger partial charge in [-0.05, 0) is 66.9 Å². The van der Waals surface area contributed by atoms with E-state index in [1.807, 2.05) is 59.5 Å². The zero-order chi connectivity index (χ0) is 25.6. The molecular formula is C30H36N2O3S. The molecule has 0 aliphatic carbocycles. The van der Waals surface area contributed by atoms with Gasteiger partial charge in [0.2, 0.25) is 0 Å². The van der Waals surface area contributed by atoms with Gasteiger partial charge in [-0.15, -0.1) is 0 Å². The zero-order valence-corrected chi connectivity index (χ0v) is 22.1. The van der Waals surface area contributed by atoms with Crippen LogP contribution in [0.3, 0.4) is 0 Å². The quantitative estimate of drug-likeness (QED) is 0.149. The largest absolute Gasteiger partial charge is 0.427 e. The second-order valence-corrected chi connectivity index (χ2v) is 9.84. The topological polar surface area (TPSA) is 58.6 Å². The summed E-state index contributed by atoms with van der Waals surface area (Å²) in [5.74, 6) is 0.205. The molecule has 3 aromatic rings. The lowest BCUT2D eigenvalue weighted by Crippen LogP contribution is -2.41. The minimum absolute atomic E-state index is 0.0529. The van der Waals surface area contributed by atoms with Crippen LogP contribution in [0.25, 0.3) is 0 Å². The second kappa shape index (κ2) is 15.0. The summed E-state index contributed by atoms with van der Waals surface area (Å²) in [6.07, 6.45) is 6.62. The van der Waals surface area contributed by atoms with Gasteiger partial charge in [-0.25, -0.2) is 4.79 Å². The number of anilines is 1. The highest BCUT2D eigenvalue weighted by Gasteiger charge is 2.15. The van der Waals surface area contributed by atoms with Gasteiger partial charge >= 0.3 is 12.0 Å². The maximum absolute atomic E-state index is 13.1. The van der Waals surface area contributed by atoms with E-state index in [1.165, 1.54) is 31.7 Å². The third-order valence-electron chi connectivity index (χ3n) is 5.74. The van der Waals surface area contributed by atoms with Crippen molar-refractivity contribution in [2.24, 2.45) is 0 Å². The first-order valence-corrected chi connectivity index (χ1v) is 13.5. The SMILES string of the molecule is CCCCCCCNC(=O)N(CCc1ccccc1)c1ccc(Sc2ccc(OC(C)=O)cc2)cc1. The highest BCUT2D eigenvalue weighted by atomic mass is 32.2. The van der Waals surface area contributed by atoms with Crippen LogP contribution in [0.5, 0.6) is 5.75 Å². The van der Waals surface area contributed by atoms with E-state index in [1.54, 1.807) is 23.9 Å². The van der Waals surface area contributed by atoms with E-state index in [0.29, 0.717) is 18.8 Å². The van der Waals surface area contributed by atoms with E-state index in [4.69, 9.17) is 4.74 Å². The average molecular weight is 505 g/mol. The van der Waals surface area contributed by atoms with Gasteiger partial charge in [0.05, 0.1) is 0 Å². The smallest absolute Gasteiger partial charge is 0.321 e. The summed E-state index contributed by atoms with van der Waals surface area (Å²) in [4.78, 5) is 28.2. The van der Waals surface area contributed by atoms with Gasteiger partial charge in [0.15, 0.2) is 0 Å². The van der Waals surface area contributed by atoms with Crippen molar-refractivity contribution in [2.45, 2.75) is 62.2 Å². The first-order chi connectivity index (χ1) is 17.5. The number of nitrogens with one attached hydrogen (secondary N) is 1. The van der Waals surface area contributed by atoms with E-state index < -0.39 is 0 Å². The molecule has 0 radical (unpaired) electrons. The molecule has 3 aromatic carbocycles. The summed E-state index contributed by atoms with van der Waals surface area (Å²) in [6.45, 7) is 4.90. The lowest BCUT2D eigenvalue weighted by Gasteiger charge is -2.24. The molecule has 2 amide bonds. The fraction of sp³-hybridized carbons (Fsp3) is 0.333. The number of esters is 1. The second-order valence-electron chi connectivity index (χ2n) is 8.69. The van der Waals surface area contributed by atoms with Gasteiger partial charge in [0, 0.05) is 35.5 Å². The minimum Gasteiger partial charge on any atom is -0.427 e. The predicted molar refractivity (Wildman–Crippen MR) is 148 cm³/mol. The van der Waals surface area contributed by atoms with E-state index in [-0.39, 0.29) is 12.0 Å². The highest BCUT2D eigenvalue weighted by Crippen LogP contribution is 2.30. The van der Waals surface area contributed by atoms with E-state index >= 15 is 0 Å². The molecule has 0 spiro atoms. The Balaban J connectivity index is 1.63. The molecule has 0 saturated carbocycles. The van der Waals surface area contributed by atoms with E-state index in [0.717, 1.165) is 34.7 Å². The lowest BCUT2D eigenvalue weighted by molar-refractivity contribution is -0.131. The van der Waals surface area contributed by atoms with Gasteiger partial charge < -0.3 is 10.1 Å². The summed E-state index contributed by atoms with van der Waals surface area (Å²) in [5.41, 5.74) is 2.09. The van der Waals surface area contributed by atoms with Crippen LogP contribution in [-0.2, 0) is 11.2 Å². The molecule has 0 fully saturated rings. The van der Waals surface area contributed by atoms with Crippen molar-refractivity contribution in [3.63, 3.8) is 0 Å². The van der Waals surface area contributed by atoms with Crippen molar-refractivity contribution >= 4 is 29.4 Å². The van der Waals surface area contributed by atoms with Crippen LogP contribution in [0.1, 0.15) is 51.5 Å². The number of unbranched alkanes of at least 4 members (excludes halogenated alkanes) is 4. The normalized spacial score (nSPS) is 10.6. The van der Waals surface area contributed by atoms with Crippen LogP contribution < -0.4 is 15.0 Å². The fourth-order valence-electron chi connectivity index (χ4n) is 3.82. The number of hydrogen-bond donors (Lipinski definition) is 1. The minimum atomic E-state index is -0.330. The van der Waals surface area contributed by atoms with Crippen molar-refractivity contribution in [1.29, 1.82) is 0 Å². The number of amides is 2. The third kappa shape index (κ3) is 9.42. The van der Waals surface area contributed by atoms with Crippen LogP contribution in [0, 0.1) is 0 Å². The number of urea groups is 1. The van der Waals surface area contributed by atoms with Gasteiger partial charge in [-0.1, -0.05) is 74.7 Å². The Kier molecular flexibility index (Phi) is 11.4. The van der Waals surface area contributed by atoms with Crippen LogP contribution in [0.4, 0.5) is 10.5 Å². The number of carbonyl (C=O) groups is 2. The molecule has 6 heteroatoms. The molecule has 0 aliphatic heterocycles. The highest BCUT2D eigenvalue weighted by molar-refractivity contribution is 7.99. The molecule has 0 unspecified atom stereocenters. The maximum Gasteiger partial charge on any atom is 0.321 e. The molecule has 0 aromatic heterocycles. The van der Waals surface area contributed by atoms with Gasteiger partial charge in [0.1, 0.15) is 5.75 Å². The Morgan fingerprint density at radius 1 is 0.833 bits per heavy atom. The molecule has 0 bridgehead atoms. The van der Waals surface area contributed by atoms with Gasteiger partial charge in [0.25, 0.3) is 0 Å². The molecule has 36 heavy (non-hydrogen) atoms. The number of nitrogens with zero attached hydrogens (tertiary/aromatic N) is 1. The number of rotatable bonds is 13. The molecule has 1 N–H and O–H groups in total. The molecule has 3 rings (SSSR count). The standard InChI is InChI=1S/C30H36N2O3S/c1-3-4-5-6-10-22-31-30(34)32(23-21-25-11-8-7-9-12-25)26-13-17-28(18-14-26)36-29-19-15-27(16-20-29)35-24(2)33/h7-9,11-20H,3-6,10,21-23H2,1-2H3,(H,31,34). The first-order valence-electron chi connectivity index (χ1n) is 12.7. The molecule has 0 atom stereocenters. The Morgan fingerprint density at radius 3 is 2.11 bits per heavy atom. The maximum atomic E-state index is 13.1. The zero-order valence-electron chi connectivity index (χ0n) is 21.2. The molecule has 5 nitrogen and oxygen atoms in total. The molecular weight excluding hydrogens is 468 g/mol. The van der Waals surface area contributed by atoms with E-state index in [9.17, 15) is 9.59 Å². The summed E-state index contributed by atoms with van der Waals surface area (Å²) < 4.78 is 5.10. The summed E-state index contributed by atoms with van der Waals surface area (Å²) >= 11 is 1.62. The molecule has 0 heterocycles. The monoisotopic (exact) mass is 504 g/mol. The summed E-state index contributed by atoms with van der Waals surface area (Å²) in [6, 6.07) is 25.7. The third-order valence-corrected chi connectivity index (χ3v) is 6.75. The molecule has 0 aliphatic rings. The fourth-order valence-corrected chi connectivity index (χ4v) is 4.64. The van der Waals surface area contributed by atoms with Crippen LogP contribution in [0.15, 0.2) is 88.7 Å². The average Bonchev–Trinajstić information content (AvgIpc) is 2.88. The van der Waals surface area contributed by atoms with Gasteiger partial charge in [-0.2, -0.15) is 0 Å². The first kappa shape index (κ1) is 27.3. The lowest BCUT2D eigenvalue weighted by atomic mass is 10.1. The van der Waals surface area contributed by atoms with Crippen LogP contribution in [0.2, 0.25) is 0 Å². The van der Waals surface area contributed by atoms with Crippen LogP contribution >= 0.6 is 11.8 Å². The van der Waals surface area contributed by atoms with Crippen molar-refractivity contribution < 1.29 is 14.3 Å². The van der Waals surface area contributed by atoms with E-state index in [2.05, 4.69) is 24.4 Å². The Bertz CT molecular complexity index is 1070. The number of hydrogen-bond acceptors (Lipinski definition) is 4. The van der Waals surface area contributed by atoms with Crippen LogP contribution in [-0.4, -0.2) is 25.1 Å². The van der Waals surface area contributed by atoms with Crippen molar-refractivity contribution in [2.75, 3.05) is 18.0 Å². The van der Waals surface area contributed by atoms with Crippen molar-refractivity contribution in [3.05, 3.63) is 84.4 Å². The Morgan fingerprint density at radius 2 is 1.47 bits per heavy atom. The molecule has 0 saturated heterocycles. The summed E-state index contributed by atoms with van der Waals surface area (Å²) in [5, 5.41) is 3.11. The van der Waals surface area contributed by atoms with Crippen molar-refractivity contribution in [3.8, 4) is 5.75 Å². The Labute approximate surface area is 219 Å². The number of benzene rings is 3. The van der Waals surface area contributed by atoms with Crippen molar-refractivity contribution in [1.82, 2.24) is 5.32 Å². The number of carbonyl (C=O) groups excluding carboxylic acids is 2.